The van der Waals surface area contributed by atoms with Crippen LogP contribution < -0.4 is 0 Å². The molecule has 4 heteroatoms. The number of nitrogens with zero attached hydrogens (tertiary/aromatic N) is 2. The number of carbonyl (C=O) groups excluding carboxylic acids is 2. The first-order valence-electron chi connectivity index (χ1n) is 7.85. The monoisotopic (exact) mass is 278 g/mol. The molecule has 2 amide bonds. The SMILES string of the molecule is CC1(C)C(CN2CCC(=O)N3CCCC3C2=O)C1(C)C. The Bertz CT molecular complexity index is 441. The number of amides is 2. The minimum atomic E-state index is -0.171. The summed E-state index contributed by atoms with van der Waals surface area (Å²) in [5.74, 6) is 0.895. The van der Waals surface area contributed by atoms with Crippen molar-refractivity contribution in [2.24, 2.45) is 16.7 Å². The predicted molar refractivity (Wildman–Crippen MR) is 77.0 cm³/mol. The van der Waals surface area contributed by atoms with E-state index in [2.05, 4.69) is 27.7 Å². The molecule has 1 saturated carbocycles. The third-order valence-electron chi connectivity index (χ3n) is 6.49. The maximum Gasteiger partial charge on any atom is 0.245 e. The van der Waals surface area contributed by atoms with Crippen molar-refractivity contribution in [3.8, 4) is 0 Å². The molecule has 4 nitrogen and oxygen atoms in total. The van der Waals surface area contributed by atoms with E-state index in [1.54, 1.807) is 0 Å². The first kappa shape index (κ1) is 13.9. The van der Waals surface area contributed by atoms with Crippen LogP contribution in [0.3, 0.4) is 0 Å². The van der Waals surface area contributed by atoms with Crippen LogP contribution >= 0.6 is 0 Å². The van der Waals surface area contributed by atoms with Crippen molar-refractivity contribution in [3.63, 3.8) is 0 Å². The molecular weight excluding hydrogens is 252 g/mol. The van der Waals surface area contributed by atoms with E-state index in [0.717, 1.165) is 25.9 Å². The van der Waals surface area contributed by atoms with Gasteiger partial charge in [0.05, 0.1) is 0 Å². The highest BCUT2D eigenvalue weighted by Crippen LogP contribution is 2.68. The van der Waals surface area contributed by atoms with Gasteiger partial charge in [0.1, 0.15) is 6.04 Å². The van der Waals surface area contributed by atoms with Gasteiger partial charge in [-0.25, -0.2) is 0 Å². The Morgan fingerprint density at radius 1 is 1.10 bits per heavy atom. The highest BCUT2D eigenvalue weighted by atomic mass is 16.2. The lowest BCUT2D eigenvalue weighted by molar-refractivity contribution is -0.139. The molecule has 2 heterocycles. The molecule has 2 saturated heterocycles. The Morgan fingerprint density at radius 2 is 1.75 bits per heavy atom. The van der Waals surface area contributed by atoms with Crippen molar-refractivity contribution < 1.29 is 9.59 Å². The lowest BCUT2D eigenvalue weighted by Gasteiger charge is -2.26. The zero-order chi connectivity index (χ0) is 14.7. The highest BCUT2D eigenvalue weighted by Gasteiger charge is 2.65. The fraction of sp³-hybridized carbons (Fsp3) is 0.875. The van der Waals surface area contributed by atoms with Gasteiger partial charge in [0.15, 0.2) is 0 Å². The van der Waals surface area contributed by atoms with Crippen molar-refractivity contribution >= 4 is 11.8 Å². The molecule has 3 rings (SSSR count). The summed E-state index contributed by atoms with van der Waals surface area (Å²) in [6.07, 6.45) is 2.31. The molecule has 3 aliphatic rings. The average molecular weight is 278 g/mol. The average Bonchev–Trinajstić information content (AvgIpc) is 2.75. The van der Waals surface area contributed by atoms with Gasteiger partial charge < -0.3 is 9.80 Å². The van der Waals surface area contributed by atoms with Crippen molar-refractivity contribution in [3.05, 3.63) is 0 Å². The van der Waals surface area contributed by atoms with Crippen LogP contribution in [0, 0.1) is 16.7 Å². The molecule has 3 fully saturated rings. The van der Waals surface area contributed by atoms with Crippen LogP contribution in [0.1, 0.15) is 47.0 Å². The maximum absolute atomic E-state index is 12.7. The van der Waals surface area contributed by atoms with Crippen molar-refractivity contribution in [2.45, 2.75) is 53.0 Å². The van der Waals surface area contributed by atoms with E-state index in [4.69, 9.17) is 0 Å². The van der Waals surface area contributed by atoms with Crippen LogP contribution in [0.15, 0.2) is 0 Å². The van der Waals surface area contributed by atoms with Crippen LogP contribution in [0.25, 0.3) is 0 Å². The first-order chi connectivity index (χ1) is 9.26. The van der Waals surface area contributed by atoms with E-state index in [1.807, 2.05) is 9.80 Å². The molecule has 0 aromatic carbocycles. The molecule has 0 N–H and O–H groups in total. The Kier molecular flexibility index (Phi) is 2.93. The first-order valence-corrected chi connectivity index (χ1v) is 7.85. The fourth-order valence-corrected chi connectivity index (χ4v) is 4.21. The second-order valence-corrected chi connectivity index (χ2v) is 7.78. The fourth-order valence-electron chi connectivity index (χ4n) is 4.21. The van der Waals surface area contributed by atoms with E-state index in [-0.39, 0.29) is 17.9 Å². The molecular formula is C16H26N2O2. The van der Waals surface area contributed by atoms with E-state index in [1.165, 1.54) is 0 Å². The van der Waals surface area contributed by atoms with E-state index < -0.39 is 0 Å². The molecule has 20 heavy (non-hydrogen) atoms. The number of fused-ring (bicyclic) bond motifs is 1. The summed E-state index contributed by atoms with van der Waals surface area (Å²) in [6.45, 7) is 11.3. The molecule has 1 atom stereocenters. The van der Waals surface area contributed by atoms with Gasteiger partial charge in [-0.3, -0.25) is 9.59 Å². The summed E-state index contributed by atoms with van der Waals surface area (Å²) >= 11 is 0. The largest absolute Gasteiger partial charge is 0.340 e. The summed E-state index contributed by atoms with van der Waals surface area (Å²) in [5, 5.41) is 0. The Balaban J connectivity index is 1.74. The Morgan fingerprint density at radius 3 is 2.35 bits per heavy atom. The molecule has 1 unspecified atom stereocenters. The van der Waals surface area contributed by atoms with Crippen LogP contribution in [-0.4, -0.2) is 47.3 Å². The normalized spacial score (nSPS) is 32.3. The smallest absolute Gasteiger partial charge is 0.245 e. The summed E-state index contributed by atoms with van der Waals surface area (Å²) < 4.78 is 0. The van der Waals surface area contributed by atoms with Crippen molar-refractivity contribution in [1.82, 2.24) is 9.80 Å². The van der Waals surface area contributed by atoms with Crippen LogP contribution in [0.4, 0.5) is 0 Å². The summed E-state index contributed by atoms with van der Waals surface area (Å²) in [4.78, 5) is 28.6. The lowest BCUT2D eigenvalue weighted by Crippen LogP contribution is -2.44. The number of hydrogen-bond donors (Lipinski definition) is 0. The van der Waals surface area contributed by atoms with E-state index in [0.29, 0.717) is 29.7 Å². The number of carbonyl (C=O) groups is 2. The van der Waals surface area contributed by atoms with E-state index >= 15 is 0 Å². The van der Waals surface area contributed by atoms with Gasteiger partial charge in [0.25, 0.3) is 0 Å². The van der Waals surface area contributed by atoms with Gasteiger partial charge in [-0.15, -0.1) is 0 Å². The van der Waals surface area contributed by atoms with Crippen LogP contribution in [0.2, 0.25) is 0 Å². The quantitative estimate of drug-likeness (QED) is 0.774. The second kappa shape index (κ2) is 4.22. The summed E-state index contributed by atoms with van der Waals surface area (Å²) in [5.41, 5.74) is 0.581. The van der Waals surface area contributed by atoms with Gasteiger partial charge in [0, 0.05) is 26.1 Å². The Hall–Kier alpha value is -1.06. The third kappa shape index (κ3) is 1.80. The molecule has 2 aliphatic heterocycles. The zero-order valence-electron chi connectivity index (χ0n) is 13.1. The molecule has 0 aromatic rings. The summed E-state index contributed by atoms with van der Waals surface area (Å²) in [6, 6.07) is -0.171. The number of rotatable bonds is 2. The molecule has 0 aromatic heterocycles. The standard InChI is InChI=1S/C16H26N2O2/c1-15(2)12(16(15,3)4)10-17-9-7-13(19)18-8-5-6-11(18)14(17)20/h11-12H,5-10H2,1-4H3. The molecule has 1 aliphatic carbocycles. The lowest BCUT2D eigenvalue weighted by atomic mass is 10.0. The topological polar surface area (TPSA) is 40.6 Å². The summed E-state index contributed by atoms with van der Waals surface area (Å²) in [7, 11) is 0. The predicted octanol–water partition coefficient (Wildman–Crippen LogP) is 1.89. The van der Waals surface area contributed by atoms with Gasteiger partial charge in [-0.2, -0.15) is 0 Å². The van der Waals surface area contributed by atoms with E-state index in [9.17, 15) is 9.59 Å². The van der Waals surface area contributed by atoms with Crippen molar-refractivity contribution in [2.75, 3.05) is 19.6 Å². The third-order valence-corrected chi connectivity index (χ3v) is 6.49. The van der Waals surface area contributed by atoms with Gasteiger partial charge in [0.2, 0.25) is 11.8 Å². The molecule has 0 spiro atoms. The van der Waals surface area contributed by atoms with Gasteiger partial charge in [-0.05, 0) is 29.6 Å². The molecule has 112 valence electrons. The molecule has 0 radical (unpaired) electrons. The second-order valence-electron chi connectivity index (χ2n) is 7.78. The van der Waals surface area contributed by atoms with Crippen LogP contribution in [-0.2, 0) is 9.59 Å². The zero-order valence-corrected chi connectivity index (χ0v) is 13.1. The van der Waals surface area contributed by atoms with Gasteiger partial charge in [-0.1, -0.05) is 27.7 Å². The maximum atomic E-state index is 12.7. The number of hydrogen-bond acceptors (Lipinski definition) is 2. The highest BCUT2D eigenvalue weighted by molar-refractivity contribution is 5.90. The van der Waals surface area contributed by atoms with Crippen molar-refractivity contribution in [1.29, 1.82) is 0 Å². The van der Waals surface area contributed by atoms with Crippen LogP contribution in [0.5, 0.6) is 0 Å². The minimum Gasteiger partial charge on any atom is -0.340 e. The molecule has 0 bridgehead atoms. The van der Waals surface area contributed by atoms with Gasteiger partial charge >= 0.3 is 0 Å². The Labute approximate surface area is 121 Å². The minimum absolute atomic E-state index is 0.165.